The summed E-state index contributed by atoms with van der Waals surface area (Å²) in [5.74, 6) is -0.670. The monoisotopic (exact) mass is 230 g/mol. The van der Waals surface area contributed by atoms with E-state index in [1.807, 2.05) is 0 Å². The second-order valence-electron chi connectivity index (χ2n) is 2.50. The average molecular weight is 230 g/mol. The molecule has 0 aliphatic carbocycles. The molecule has 6 nitrogen and oxygen atoms in total. The number of ether oxygens (including phenoxy) is 1. The first-order valence-electron chi connectivity index (χ1n) is 3.97. The number of methoxy groups -OCH3 is 1. The summed E-state index contributed by atoms with van der Waals surface area (Å²) in [6.07, 6.45) is 0. The van der Waals surface area contributed by atoms with Crippen LogP contribution in [0.1, 0.15) is 9.67 Å². The standard InChI is InChI=1S/C8H10N2O4S/c1-13-5-2-3-15-7(5)8(12)10-14-4-6(9)11/h2-3H,4H2,1H3,(H2,9,11)(H,10,12). The lowest BCUT2D eigenvalue weighted by Gasteiger charge is -2.03. The zero-order chi connectivity index (χ0) is 11.3. The molecular weight excluding hydrogens is 220 g/mol. The molecule has 0 aliphatic heterocycles. The molecule has 0 aliphatic rings. The van der Waals surface area contributed by atoms with E-state index in [-0.39, 0.29) is 6.61 Å². The third-order valence-electron chi connectivity index (χ3n) is 1.43. The predicted molar refractivity (Wildman–Crippen MR) is 53.5 cm³/mol. The molecule has 1 rings (SSSR count). The second kappa shape index (κ2) is 5.32. The molecule has 0 saturated heterocycles. The van der Waals surface area contributed by atoms with Crippen molar-refractivity contribution in [2.45, 2.75) is 0 Å². The van der Waals surface area contributed by atoms with Gasteiger partial charge >= 0.3 is 0 Å². The Morgan fingerprint density at radius 3 is 2.93 bits per heavy atom. The zero-order valence-corrected chi connectivity index (χ0v) is 8.80. The minimum Gasteiger partial charge on any atom is -0.495 e. The number of nitrogens with one attached hydrogen (secondary N) is 1. The predicted octanol–water partition coefficient (Wildman–Crippen LogP) is -0.0966. The van der Waals surface area contributed by atoms with E-state index in [4.69, 9.17) is 10.5 Å². The van der Waals surface area contributed by atoms with Gasteiger partial charge in [0.1, 0.15) is 10.6 Å². The number of thiophene rings is 1. The van der Waals surface area contributed by atoms with Gasteiger partial charge in [0.05, 0.1) is 7.11 Å². The third kappa shape index (κ3) is 3.22. The highest BCUT2D eigenvalue weighted by Gasteiger charge is 2.13. The maximum absolute atomic E-state index is 11.4. The van der Waals surface area contributed by atoms with Gasteiger partial charge in [-0.15, -0.1) is 11.3 Å². The van der Waals surface area contributed by atoms with Crippen LogP contribution in [0.5, 0.6) is 5.75 Å². The average Bonchev–Trinajstić information content (AvgIpc) is 2.64. The molecule has 2 amide bonds. The van der Waals surface area contributed by atoms with E-state index in [1.54, 1.807) is 11.4 Å². The Kier molecular flexibility index (Phi) is 4.07. The smallest absolute Gasteiger partial charge is 0.288 e. The van der Waals surface area contributed by atoms with Gasteiger partial charge < -0.3 is 10.5 Å². The van der Waals surface area contributed by atoms with Crippen LogP contribution in [0.3, 0.4) is 0 Å². The fourth-order valence-electron chi connectivity index (χ4n) is 0.843. The SMILES string of the molecule is COc1ccsc1C(=O)NOCC(N)=O. The topological polar surface area (TPSA) is 90.7 Å². The van der Waals surface area contributed by atoms with Crippen LogP contribution in [-0.4, -0.2) is 25.5 Å². The molecule has 82 valence electrons. The van der Waals surface area contributed by atoms with Gasteiger partial charge in [0.15, 0.2) is 6.61 Å². The van der Waals surface area contributed by atoms with Crippen LogP contribution in [0.15, 0.2) is 11.4 Å². The summed E-state index contributed by atoms with van der Waals surface area (Å²) >= 11 is 1.21. The van der Waals surface area contributed by atoms with Crippen molar-refractivity contribution < 1.29 is 19.2 Å². The van der Waals surface area contributed by atoms with Gasteiger partial charge in [-0.2, -0.15) is 0 Å². The number of hydroxylamine groups is 1. The van der Waals surface area contributed by atoms with Gasteiger partial charge in [-0.3, -0.25) is 14.4 Å². The summed E-state index contributed by atoms with van der Waals surface area (Å²) in [6, 6.07) is 1.66. The fourth-order valence-corrected chi connectivity index (χ4v) is 1.59. The molecule has 1 heterocycles. The Bertz CT molecular complexity index is 363. The quantitative estimate of drug-likeness (QED) is 0.691. The van der Waals surface area contributed by atoms with Crippen molar-refractivity contribution >= 4 is 23.2 Å². The van der Waals surface area contributed by atoms with Crippen molar-refractivity contribution in [3.05, 3.63) is 16.3 Å². The molecule has 15 heavy (non-hydrogen) atoms. The molecule has 0 saturated carbocycles. The van der Waals surface area contributed by atoms with Crippen LogP contribution >= 0.6 is 11.3 Å². The molecule has 0 atom stereocenters. The van der Waals surface area contributed by atoms with Crippen LogP contribution < -0.4 is 16.0 Å². The Hall–Kier alpha value is -1.60. The number of hydrogen-bond donors (Lipinski definition) is 2. The molecule has 7 heteroatoms. The minimum absolute atomic E-state index is 0.362. The van der Waals surface area contributed by atoms with Gasteiger partial charge in [0, 0.05) is 0 Å². The highest BCUT2D eigenvalue weighted by atomic mass is 32.1. The molecule has 0 radical (unpaired) electrons. The number of amides is 2. The molecule has 0 aromatic carbocycles. The Morgan fingerprint density at radius 1 is 1.60 bits per heavy atom. The summed E-state index contributed by atoms with van der Waals surface area (Å²) in [6.45, 7) is -0.362. The maximum Gasteiger partial charge on any atom is 0.288 e. The first-order valence-corrected chi connectivity index (χ1v) is 4.85. The van der Waals surface area contributed by atoms with Gasteiger partial charge in [0.2, 0.25) is 5.91 Å². The Labute approximate surface area is 89.9 Å². The highest BCUT2D eigenvalue weighted by Crippen LogP contribution is 2.23. The van der Waals surface area contributed by atoms with Crippen molar-refractivity contribution in [3.8, 4) is 5.75 Å². The fraction of sp³-hybridized carbons (Fsp3) is 0.250. The molecule has 1 aromatic rings. The lowest BCUT2D eigenvalue weighted by molar-refractivity contribution is -0.124. The zero-order valence-electron chi connectivity index (χ0n) is 7.98. The van der Waals surface area contributed by atoms with Crippen molar-refractivity contribution in [3.63, 3.8) is 0 Å². The normalized spacial score (nSPS) is 9.67. The third-order valence-corrected chi connectivity index (χ3v) is 2.33. The Balaban J connectivity index is 2.50. The van der Waals surface area contributed by atoms with E-state index in [9.17, 15) is 9.59 Å². The number of rotatable bonds is 5. The highest BCUT2D eigenvalue weighted by molar-refractivity contribution is 7.12. The van der Waals surface area contributed by atoms with Crippen molar-refractivity contribution in [2.75, 3.05) is 13.7 Å². The number of carbonyl (C=O) groups excluding carboxylic acids is 2. The summed E-state index contributed by atoms with van der Waals surface area (Å²) in [4.78, 5) is 26.7. The number of primary amides is 1. The molecule has 0 spiro atoms. The summed E-state index contributed by atoms with van der Waals surface area (Å²) in [5.41, 5.74) is 6.90. The van der Waals surface area contributed by atoms with Gasteiger partial charge in [-0.05, 0) is 11.4 Å². The molecule has 0 fully saturated rings. The largest absolute Gasteiger partial charge is 0.495 e. The number of nitrogens with two attached hydrogens (primary N) is 1. The van der Waals surface area contributed by atoms with E-state index in [0.717, 1.165) is 0 Å². The van der Waals surface area contributed by atoms with E-state index >= 15 is 0 Å². The van der Waals surface area contributed by atoms with E-state index in [2.05, 4.69) is 10.3 Å². The summed E-state index contributed by atoms with van der Waals surface area (Å²) in [7, 11) is 1.46. The molecule has 0 unspecified atom stereocenters. The van der Waals surface area contributed by atoms with Crippen molar-refractivity contribution in [1.29, 1.82) is 0 Å². The minimum atomic E-state index is -0.659. The second-order valence-corrected chi connectivity index (χ2v) is 3.42. The lowest BCUT2D eigenvalue weighted by Crippen LogP contribution is -2.29. The molecule has 0 bridgehead atoms. The maximum atomic E-state index is 11.4. The van der Waals surface area contributed by atoms with E-state index in [0.29, 0.717) is 10.6 Å². The van der Waals surface area contributed by atoms with Crippen molar-refractivity contribution in [2.24, 2.45) is 5.73 Å². The molecule has 1 aromatic heterocycles. The van der Waals surface area contributed by atoms with Crippen LogP contribution in [-0.2, 0) is 9.63 Å². The van der Waals surface area contributed by atoms with Crippen LogP contribution in [0.2, 0.25) is 0 Å². The summed E-state index contributed by atoms with van der Waals surface area (Å²) < 4.78 is 4.94. The van der Waals surface area contributed by atoms with Crippen LogP contribution in [0.25, 0.3) is 0 Å². The molecular formula is C8H10N2O4S. The first kappa shape index (κ1) is 11.5. The molecule has 3 N–H and O–H groups in total. The van der Waals surface area contributed by atoms with Crippen LogP contribution in [0.4, 0.5) is 0 Å². The Morgan fingerprint density at radius 2 is 2.33 bits per heavy atom. The van der Waals surface area contributed by atoms with E-state index in [1.165, 1.54) is 18.4 Å². The van der Waals surface area contributed by atoms with Gasteiger partial charge in [-0.1, -0.05) is 0 Å². The number of hydrogen-bond acceptors (Lipinski definition) is 5. The van der Waals surface area contributed by atoms with Crippen molar-refractivity contribution in [1.82, 2.24) is 5.48 Å². The summed E-state index contributed by atoms with van der Waals surface area (Å²) in [5, 5.41) is 1.71. The lowest BCUT2D eigenvalue weighted by atomic mass is 10.4. The number of carbonyl (C=O) groups is 2. The van der Waals surface area contributed by atoms with Gasteiger partial charge in [-0.25, -0.2) is 5.48 Å². The van der Waals surface area contributed by atoms with Crippen LogP contribution in [0, 0.1) is 0 Å². The first-order chi connectivity index (χ1) is 7.15. The van der Waals surface area contributed by atoms with E-state index < -0.39 is 11.8 Å². The van der Waals surface area contributed by atoms with Gasteiger partial charge in [0.25, 0.3) is 5.91 Å².